The normalized spacial score (nSPS) is 11.9. The van der Waals surface area contributed by atoms with Crippen molar-refractivity contribution < 1.29 is 9.90 Å². The van der Waals surface area contributed by atoms with Crippen molar-refractivity contribution in [2.24, 2.45) is 0 Å². The topological polar surface area (TPSA) is 75.1 Å². The largest absolute Gasteiger partial charge is 0.394 e. The maximum atomic E-state index is 12.0. The van der Waals surface area contributed by atoms with Crippen molar-refractivity contribution in [2.45, 2.75) is 19.4 Å². The molecule has 1 aromatic heterocycles. The Hall–Kier alpha value is -2.27. The van der Waals surface area contributed by atoms with E-state index in [-0.39, 0.29) is 24.2 Å². The molecule has 0 spiro atoms. The number of amides is 1. The molecule has 1 atom stereocenters. The first-order valence-corrected chi connectivity index (χ1v) is 6.43. The molecular formula is C15H17N3O2. The minimum atomic E-state index is -0.340. The molecule has 20 heavy (non-hydrogen) atoms. The Morgan fingerprint density at radius 1 is 1.25 bits per heavy atom. The van der Waals surface area contributed by atoms with Crippen LogP contribution in [0.3, 0.4) is 0 Å². The summed E-state index contributed by atoms with van der Waals surface area (Å²) >= 11 is 0. The second kappa shape index (κ2) is 6.77. The highest BCUT2D eigenvalue weighted by Gasteiger charge is 2.14. The van der Waals surface area contributed by atoms with Crippen LogP contribution >= 0.6 is 0 Å². The van der Waals surface area contributed by atoms with Crippen molar-refractivity contribution in [1.29, 1.82) is 0 Å². The summed E-state index contributed by atoms with van der Waals surface area (Å²) in [6, 6.07) is 9.36. The molecule has 0 aliphatic rings. The van der Waals surface area contributed by atoms with Crippen LogP contribution in [-0.4, -0.2) is 33.6 Å². The molecule has 0 bridgehead atoms. The maximum absolute atomic E-state index is 12.0. The summed E-state index contributed by atoms with van der Waals surface area (Å²) in [7, 11) is 0. The molecule has 0 fully saturated rings. The van der Waals surface area contributed by atoms with Crippen LogP contribution in [0.25, 0.3) is 0 Å². The van der Waals surface area contributed by atoms with Gasteiger partial charge in [-0.05, 0) is 18.9 Å². The Kier molecular flexibility index (Phi) is 4.79. The monoisotopic (exact) mass is 271 g/mol. The van der Waals surface area contributed by atoms with Crippen LogP contribution < -0.4 is 5.32 Å². The van der Waals surface area contributed by atoms with Gasteiger partial charge in [0, 0.05) is 6.20 Å². The van der Waals surface area contributed by atoms with Gasteiger partial charge in [0.1, 0.15) is 5.69 Å². The standard InChI is InChI=1S/C15H17N3O2/c1-11-8-17-14(9-16-11)15(20)18-13(10-19)7-12-5-3-2-4-6-12/h2-6,8-9,13,19H,7,10H2,1H3,(H,18,20)/t13-/m0/s1. The van der Waals surface area contributed by atoms with E-state index in [1.165, 1.54) is 6.20 Å². The highest BCUT2D eigenvalue weighted by atomic mass is 16.3. The number of benzene rings is 1. The molecule has 2 N–H and O–H groups in total. The lowest BCUT2D eigenvalue weighted by atomic mass is 10.1. The molecule has 5 nitrogen and oxygen atoms in total. The first-order valence-electron chi connectivity index (χ1n) is 6.43. The summed E-state index contributed by atoms with van der Waals surface area (Å²) in [4.78, 5) is 20.0. The van der Waals surface area contributed by atoms with Crippen LogP contribution in [0, 0.1) is 6.92 Å². The Morgan fingerprint density at radius 2 is 2.00 bits per heavy atom. The van der Waals surface area contributed by atoms with Crippen LogP contribution in [-0.2, 0) is 6.42 Å². The zero-order valence-electron chi connectivity index (χ0n) is 11.3. The second-order valence-electron chi connectivity index (χ2n) is 4.59. The van der Waals surface area contributed by atoms with Gasteiger partial charge in [-0.15, -0.1) is 0 Å². The highest BCUT2D eigenvalue weighted by molar-refractivity contribution is 5.92. The van der Waals surface area contributed by atoms with E-state index in [0.29, 0.717) is 6.42 Å². The zero-order chi connectivity index (χ0) is 14.4. The number of rotatable bonds is 5. The summed E-state index contributed by atoms with van der Waals surface area (Å²) in [5, 5.41) is 12.1. The number of aliphatic hydroxyl groups excluding tert-OH is 1. The van der Waals surface area contributed by atoms with Gasteiger partial charge < -0.3 is 10.4 Å². The average molecular weight is 271 g/mol. The number of carbonyl (C=O) groups is 1. The lowest BCUT2D eigenvalue weighted by molar-refractivity contribution is 0.0911. The van der Waals surface area contributed by atoms with Gasteiger partial charge in [-0.25, -0.2) is 4.98 Å². The molecule has 0 unspecified atom stereocenters. The Balaban J connectivity index is 1.99. The number of nitrogens with one attached hydrogen (secondary N) is 1. The van der Waals surface area contributed by atoms with Crippen molar-refractivity contribution in [3.05, 3.63) is 59.7 Å². The first kappa shape index (κ1) is 14.1. The molecule has 2 rings (SSSR count). The van der Waals surface area contributed by atoms with E-state index in [0.717, 1.165) is 11.3 Å². The predicted molar refractivity (Wildman–Crippen MR) is 75.3 cm³/mol. The summed E-state index contributed by atoms with van der Waals surface area (Å²) in [5.41, 5.74) is 2.06. The minimum absolute atomic E-state index is 0.125. The van der Waals surface area contributed by atoms with Gasteiger partial charge in [-0.1, -0.05) is 30.3 Å². The third kappa shape index (κ3) is 3.86. The van der Waals surface area contributed by atoms with Crippen molar-refractivity contribution in [1.82, 2.24) is 15.3 Å². The van der Waals surface area contributed by atoms with E-state index in [1.807, 2.05) is 30.3 Å². The van der Waals surface area contributed by atoms with Crippen molar-refractivity contribution >= 4 is 5.91 Å². The fourth-order valence-electron chi connectivity index (χ4n) is 1.83. The van der Waals surface area contributed by atoms with Crippen molar-refractivity contribution in [2.75, 3.05) is 6.61 Å². The van der Waals surface area contributed by atoms with Gasteiger partial charge in [0.2, 0.25) is 0 Å². The van der Waals surface area contributed by atoms with Gasteiger partial charge in [-0.3, -0.25) is 9.78 Å². The van der Waals surface area contributed by atoms with Crippen molar-refractivity contribution in [3.8, 4) is 0 Å². The molecule has 2 aromatic rings. The summed E-state index contributed by atoms with van der Waals surface area (Å²) in [6.07, 6.45) is 3.55. The van der Waals surface area contributed by atoms with Gasteiger partial charge in [0.15, 0.2) is 0 Å². The number of hydrogen-bond acceptors (Lipinski definition) is 4. The van der Waals surface area contributed by atoms with Crippen LogP contribution in [0.5, 0.6) is 0 Å². The highest BCUT2D eigenvalue weighted by Crippen LogP contribution is 2.04. The Morgan fingerprint density at radius 3 is 2.60 bits per heavy atom. The molecule has 1 heterocycles. The van der Waals surface area contributed by atoms with Gasteiger partial charge in [-0.2, -0.15) is 0 Å². The van der Waals surface area contributed by atoms with Gasteiger partial charge in [0.25, 0.3) is 5.91 Å². The van der Waals surface area contributed by atoms with Gasteiger partial charge >= 0.3 is 0 Å². The van der Waals surface area contributed by atoms with Crippen LogP contribution in [0.4, 0.5) is 0 Å². The lowest BCUT2D eigenvalue weighted by Crippen LogP contribution is -2.39. The Bertz CT molecular complexity index is 555. The maximum Gasteiger partial charge on any atom is 0.271 e. The van der Waals surface area contributed by atoms with Crippen LogP contribution in [0.2, 0.25) is 0 Å². The molecule has 0 saturated heterocycles. The Labute approximate surface area is 117 Å². The third-order valence-corrected chi connectivity index (χ3v) is 2.89. The molecule has 5 heteroatoms. The molecule has 0 radical (unpaired) electrons. The van der Waals surface area contributed by atoms with E-state index < -0.39 is 0 Å². The smallest absolute Gasteiger partial charge is 0.271 e. The molecule has 1 aromatic carbocycles. The van der Waals surface area contributed by atoms with Crippen LogP contribution in [0.15, 0.2) is 42.7 Å². The zero-order valence-corrected chi connectivity index (χ0v) is 11.3. The van der Waals surface area contributed by atoms with Crippen molar-refractivity contribution in [3.63, 3.8) is 0 Å². The number of hydrogen-bond donors (Lipinski definition) is 2. The summed E-state index contributed by atoms with van der Waals surface area (Å²) in [5.74, 6) is -0.326. The summed E-state index contributed by atoms with van der Waals surface area (Å²) < 4.78 is 0. The van der Waals surface area contributed by atoms with Crippen LogP contribution in [0.1, 0.15) is 21.7 Å². The molecular weight excluding hydrogens is 254 g/mol. The van der Waals surface area contributed by atoms with E-state index >= 15 is 0 Å². The quantitative estimate of drug-likeness (QED) is 0.854. The van der Waals surface area contributed by atoms with E-state index in [2.05, 4.69) is 15.3 Å². The number of nitrogens with zero attached hydrogens (tertiary/aromatic N) is 2. The second-order valence-corrected chi connectivity index (χ2v) is 4.59. The lowest BCUT2D eigenvalue weighted by Gasteiger charge is -2.16. The molecule has 0 aliphatic carbocycles. The SMILES string of the molecule is Cc1cnc(C(=O)N[C@H](CO)Cc2ccccc2)cn1. The minimum Gasteiger partial charge on any atom is -0.394 e. The van der Waals surface area contributed by atoms with E-state index in [9.17, 15) is 9.90 Å². The predicted octanol–water partition coefficient (Wildman–Crippen LogP) is 1.12. The molecule has 1 amide bonds. The van der Waals surface area contributed by atoms with E-state index in [1.54, 1.807) is 13.1 Å². The molecule has 0 saturated carbocycles. The molecule has 104 valence electrons. The van der Waals surface area contributed by atoms with E-state index in [4.69, 9.17) is 0 Å². The van der Waals surface area contributed by atoms with Gasteiger partial charge in [0.05, 0.1) is 24.5 Å². The average Bonchev–Trinajstić information content (AvgIpc) is 2.48. The number of aryl methyl sites for hydroxylation is 1. The third-order valence-electron chi connectivity index (χ3n) is 2.89. The number of carbonyl (C=O) groups excluding carboxylic acids is 1. The summed E-state index contributed by atoms with van der Waals surface area (Å²) in [6.45, 7) is 1.68. The fourth-order valence-corrected chi connectivity index (χ4v) is 1.83. The molecule has 0 aliphatic heterocycles. The number of aliphatic hydroxyl groups is 1. The fraction of sp³-hybridized carbons (Fsp3) is 0.267. The number of aromatic nitrogens is 2. The first-order chi connectivity index (χ1) is 9.69.